The summed E-state index contributed by atoms with van der Waals surface area (Å²) in [5, 5.41) is 0.0255. The van der Waals surface area contributed by atoms with E-state index in [0.717, 1.165) is 12.1 Å². The van der Waals surface area contributed by atoms with E-state index in [4.69, 9.17) is 22.1 Å². The maximum absolute atomic E-state index is 12.8. The quantitative estimate of drug-likeness (QED) is 0.922. The maximum Gasteiger partial charge on any atom is 0.416 e. The number of alkyl halides is 3. The van der Waals surface area contributed by atoms with Gasteiger partial charge in [-0.3, -0.25) is 9.69 Å². The Labute approximate surface area is 131 Å². The molecule has 0 radical (unpaired) electrons. The van der Waals surface area contributed by atoms with E-state index in [-0.39, 0.29) is 24.2 Å². The normalized spacial score (nSPS) is 23.5. The lowest BCUT2D eigenvalue weighted by Crippen LogP contribution is -2.51. The van der Waals surface area contributed by atoms with Crippen molar-refractivity contribution in [1.29, 1.82) is 0 Å². The van der Waals surface area contributed by atoms with Crippen molar-refractivity contribution in [2.75, 3.05) is 13.1 Å². The van der Waals surface area contributed by atoms with Gasteiger partial charge in [0.2, 0.25) is 5.91 Å². The van der Waals surface area contributed by atoms with Crippen LogP contribution in [0.5, 0.6) is 0 Å². The predicted octanol–water partition coefficient (Wildman–Crippen LogP) is 2.43. The first kappa shape index (κ1) is 17.1. The minimum atomic E-state index is -4.45. The Morgan fingerprint density at radius 1 is 1.41 bits per heavy atom. The van der Waals surface area contributed by atoms with Crippen LogP contribution in [0.15, 0.2) is 18.2 Å². The topological polar surface area (TPSA) is 55.6 Å². The molecule has 4 nitrogen and oxygen atoms in total. The highest BCUT2D eigenvalue weighted by molar-refractivity contribution is 6.30. The second-order valence-electron chi connectivity index (χ2n) is 5.38. The lowest BCUT2D eigenvalue weighted by molar-refractivity contribution is -0.142. The second kappa shape index (κ2) is 6.44. The summed E-state index contributed by atoms with van der Waals surface area (Å²) < 4.78 is 43.8. The molecular weight excluding hydrogens is 321 g/mol. The van der Waals surface area contributed by atoms with Crippen LogP contribution in [0.4, 0.5) is 13.2 Å². The lowest BCUT2D eigenvalue weighted by atomic mass is 10.1. The van der Waals surface area contributed by atoms with Crippen LogP contribution in [-0.2, 0) is 22.3 Å². The highest BCUT2D eigenvalue weighted by atomic mass is 35.5. The monoisotopic (exact) mass is 336 g/mol. The van der Waals surface area contributed by atoms with Crippen LogP contribution < -0.4 is 5.73 Å². The summed E-state index contributed by atoms with van der Waals surface area (Å²) in [5.74, 6) is -0.585. The van der Waals surface area contributed by atoms with E-state index in [1.165, 1.54) is 6.07 Å². The average Bonchev–Trinajstić information content (AvgIpc) is 2.36. The molecule has 0 bridgehead atoms. The highest BCUT2D eigenvalue weighted by Gasteiger charge is 2.32. The van der Waals surface area contributed by atoms with Crippen molar-refractivity contribution in [2.45, 2.75) is 31.9 Å². The Bertz CT molecular complexity index is 566. The third kappa shape index (κ3) is 4.34. The molecule has 1 saturated heterocycles. The molecular formula is C14H16ClF3N2O2. The third-order valence-corrected chi connectivity index (χ3v) is 3.56. The zero-order chi connectivity index (χ0) is 16.5. The van der Waals surface area contributed by atoms with Crippen molar-refractivity contribution in [2.24, 2.45) is 5.73 Å². The Kier molecular flexibility index (Phi) is 4.99. The first-order valence-corrected chi connectivity index (χ1v) is 7.06. The molecule has 2 rings (SSSR count). The Balaban J connectivity index is 2.16. The summed E-state index contributed by atoms with van der Waals surface area (Å²) in [5.41, 5.74) is 4.87. The van der Waals surface area contributed by atoms with Crippen molar-refractivity contribution in [3.05, 3.63) is 34.3 Å². The Hall–Kier alpha value is -1.31. The average molecular weight is 337 g/mol. The Morgan fingerprint density at radius 3 is 2.68 bits per heavy atom. The van der Waals surface area contributed by atoms with Crippen LogP contribution in [0.3, 0.4) is 0 Å². The van der Waals surface area contributed by atoms with Crippen LogP contribution >= 0.6 is 11.6 Å². The van der Waals surface area contributed by atoms with E-state index in [2.05, 4.69) is 0 Å². The first-order valence-electron chi connectivity index (χ1n) is 6.69. The molecule has 1 heterocycles. The molecule has 1 unspecified atom stereocenters. The molecule has 2 atom stereocenters. The molecule has 0 aliphatic carbocycles. The second-order valence-corrected chi connectivity index (χ2v) is 5.81. The highest BCUT2D eigenvalue weighted by Crippen LogP contribution is 2.32. The number of ether oxygens (including phenoxy) is 1. The van der Waals surface area contributed by atoms with Crippen molar-refractivity contribution in [1.82, 2.24) is 4.90 Å². The van der Waals surface area contributed by atoms with Gasteiger partial charge in [-0.25, -0.2) is 0 Å². The predicted molar refractivity (Wildman–Crippen MR) is 75.3 cm³/mol. The first-order chi connectivity index (χ1) is 10.1. The van der Waals surface area contributed by atoms with Crippen molar-refractivity contribution < 1.29 is 22.7 Å². The summed E-state index contributed by atoms with van der Waals surface area (Å²) >= 11 is 5.76. The molecule has 1 amide bonds. The largest absolute Gasteiger partial charge is 0.416 e. The fraction of sp³-hybridized carbons (Fsp3) is 0.500. The summed E-state index contributed by atoms with van der Waals surface area (Å²) in [6.07, 6.45) is -5.44. The Morgan fingerprint density at radius 2 is 2.09 bits per heavy atom. The zero-order valence-electron chi connectivity index (χ0n) is 11.9. The maximum atomic E-state index is 12.8. The number of amides is 1. The number of benzene rings is 1. The van der Waals surface area contributed by atoms with E-state index in [1.54, 1.807) is 6.92 Å². The number of morpholine rings is 1. The molecule has 1 aliphatic rings. The standard InChI is InChI=1S/C14H16ClF3N2O2/c1-8-5-20(7-12(22-8)13(19)21)6-9-2-10(14(16,17)18)4-11(15)3-9/h2-4,8,12H,5-7H2,1H3,(H2,19,21)/t8-,12?/m1/s1. The molecule has 1 fully saturated rings. The van der Waals surface area contributed by atoms with Gasteiger partial charge in [-0.1, -0.05) is 11.6 Å². The van der Waals surface area contributed by atoms with Gasteiger partial charge in [0, 0.05) is 24.7 Å². The summed E-state index contributed by atoms with van der Waals surface area (Å²) in [6.45, 7) is 2.76. The molecule has 0 saturated carbocycles. The number of nitrogens with zero attached hydrogens (tertiary/aromatic N) is 1. The van der Waals surface area contributed by atoms with Gasteiger partial charge in [-0.05, 0) is 30.7 Å². The third-order valence-electron chi connectivity index (χ3n) is 3.34. The number of halogens is 4. The van der Waals surface area contributed by atoms with Gasteiger partial charge in [-0.2, -0.15) is 13.2 Å². The SMILES string of the molecule is C[C@@H]1CN(Cc2cc(Cl)cc(C(F)(F)F)c2)CC(C(N)=O)O1. The molecule has 22 heavy (non-hydrogen) atoms. The molecule has 1 aromatic rings. The van der Waals surface area contributed by atoms with Crippen LogP contribution in [0, 0.1) is 0 Å². The van der Waals surface area contributed by atoms with Crippen molar-refractivity contribution in [3.8, 4) is 0 Å². The van der Waals surface area contributed by atoms with Crippen molar-refractivity contribution in [3.63, 3.8) is 0 Å². The van der Waals surface area contributed by atoms with Crippen LogP contribution in [0.2, 0.25) is 5.02 Å². The van der Waals surface area contributed by atoms with E-state index in [0.29, 0.717) is 12.1 Å². The number of carbonyl (C=O) groups is 1. The number of primary amides is 1. The minimum Gasteiger partial charge on any atom is -0.367 e. The van der Waals surface area contributed by atoms with Gasteiger partial charge in [-0.15, -0.1) is 0 Å². The number of nitrogens with two attached hydrogens (primary N) is 1. The summed E-state index contributed by atoms with van der Waals surface area (Å²) in [7, 11) is 0. The van der Waals surface area contributed by atoms with Crippen molar-refractivity contribution >= 4 is 17.5 Å². The van der Waals surface area contributed by atoms with Gasteiger partial charge in [0.05, 0.1) is 11.7 Å². The molecule has 122 valence electrons. The van der Waals surface area contributed by atoms with Gasteiger partial charge in [0.15, 0.2) is 0 Å². The molecule has 1 aromatic carbocycles. The number of rotatable bonds is 3. The molecule has 0 aromatic heterocycles. The smallest absolute Gasteiger partial charge is 0.367 e. The number of hydrogen-bond acceptors (Lipinski definition) is 3. The fourth-order valence-electron chi connectivity index (χ4n) is 2.49. The van der Waals surface area contributed by atoms with Gasteiger partial charge >= 0.3 is 6.18 Å². The summed E-state index contributed by atoms with van der Waals surface area (Å²) in [4.78, 5) is 13.1. The number of carbonyl (C=O) groups excluding carboxylic acids is 1. The molecule has 1 aliphatic heterocycles. The van der Waals surface area contributed by atoms with E-state index < -0.39 is 23.8 Å². The number of hydrogen-bond donors (Lipinski definition) is 1. The molecule has 2 N–H and O–H groups in total. The molecule has 8 heteroatoms. The fourth-order valence-corrected chi connectivity index (χ4v) is 2.75. The summed E-state index contributed by atoms with van der Waals surface area (Å²) in [6, 6.07) is 3.43. The van der Waals surface area contributed by atoms with E-state index in [9.17, 15) is 18.0 Å². The van der Waals surface area contributed by atoms with E-state index >= 15 is 0 Å². The zero-order valence-corrected chi connectivity index (χ0v) is 12.6. The van der Waals surface area contributed by atoms with Gasteiger partial charge in [0.25, 0.3) is 0 Å². The van der Waals surface area contributed by atoms with Crippen LogP contribution in [0.25, 0.3) is 0 Å². The lowest BCUT2D eigenvalue weighted by Gasteiger charge is -2.35. The van der Waals surface area contributed by atoms with Gasteiger partial charge in [0.1, 0.15) is 6.10 Å². The van der Waals surface area contributed by atoms with Crippen LogP contribution in [-0.4, -0.2) is 36.1 Å². The van der Waals surface area contributed by atoms with Gasteiger partial charge < -0.3 is 10.5 Å². The molecule has 0 spiro atoms. The van der Waals surface area contributed by atoms with Crippen LogP contribution in [0.1, 0.15) is 18.1 Å². The minimum absolute atomic E-state index is 0.0255. The van der Waals surface area contributed by atoms with E-state index in [1.807, 2.05) is 4.90 Å².